The minimum atomic E-state index is -0.137. The lowest BCUT2D eigenvalue weighted by Crippen LogP contribution is -2.28. The van der Waals surface area contributed by atoms with Crippen molar-refractivity contribution >= 4 is 44.8 Å². The number of hydrogen-bond acceptors (Lipinski definition) is 2. The van der Waals surface area contributed by atoms with Crippen LogP contribution in [0.1, 0.15) is 10.4 Å². The zero-order valence-electron chi connectivity index (χ0n) is 12.4. The van der Waals surface area contributed by atoms with Gasteiger partial charge in [-0.15, -0.1) is 0 Å². The molecule has 0 fully saturated rings. The molecule has 5 heteroatoms. The highest BCUT2D eigenvalue weighted by Gasteiger charge is 2.30. The number of ether oxygens (including phenoxy) is 1. The van der Waals surface area contributed by atoms with Crippen LogP contribution < -0.4 is 9.64 Å². The van der Waals surface area contributed by atoms with Gasteiger partial charge in [-0.3, -0.25) is 9.69 Å². The van der Waals surface area contributed by atoms with E-state index in [-0.39, 0.29) is 5.91 Å². The molecule has 0 aromatic heterocycles. The van der Waals surface area contributed by atoms with Crippen LogP contribution in [-0.4, -0.2) is 5.91 Å². The van der Waals surface area contributed by atoms with Gasteiger partial charge in [-0.2, -0.15) is 0 Å². The third-order valence-corrected chi connectivity index (χ3v) is 4.55. The lowest BCUT2D eigenvalue weighted by Gasteiger charge is -2.31. The van der Waals surface area contributed by atoms with Gasteiger partial charge in [-0.1, -0.05) is 39.7 Å². The van der Waals surface area contributed by atoms with E-state index in [1.54, 1.807) is 35.2 Å². The number of benzene rings is 3. The standard InChI is InChI=1S/C19H11BrClNO2/c20-13-7-5-12(6-8-13)19(23)22-15-3-1-2-4-17(15)24-18-10-9-14(21)11-16(18)22/h1-11H. The second-order valence-electron chi connectivity index (χ2n) is 5.33. The average molecular weight is 401 g/mol. The third kappa shape index (κ3) is 2.58. The summed E-state index contributed by atoms with van der Waals surface area (Å²) in [5, 5.41) is 0.547. The van der Waals surface area contributed by atoms with Gasteiger partial charge in [0.15, 0.2) is 11.5 Å². The van der Waals surface area contributed by atoms with E-state index >= 15 is 0 Å². The van der Waals surface area contributed by atoms with Gasteiger partial charge in [0.05, 0.1) is 11.4 Å². The third-order valence-electron chi connectivity index (χ3n) is 3.78. The van der Waals surface area contributed by atoms with Gasteiger partial charge < -0.3 is 4.74 Å². The Morgan fingerprint density at radius 3 is 2.42 bits per heavy atom. The summed E-state index contributed by atoms with van der Waals surface area (Å²) in [4.78, 5) is 14.8. The number of rotatable bonds is 1. The Morgan fingerprint density at radius 2 is 1.62 bits per heavy atom. The molecule has 0 N–H and O–H groups in total. The maximum absolute atomic E-state index is 13.2. The first-order chi connectivity index (χ1) is 11.6. The van der Waals surface area contributed by atoms with Gasteiger partial charge in [0.2, 0.25) is 0 Å². The molecule has 1 amide bonds. The van der Waals surface area contributed by atoms with E-state index in [0.29, 0.717) is 33.5 Å². The lowest BCUT2D eigenvalue weighted by molar-refractivity contribution is 0.0997. The summed E-state index contributed by atoms with van der Waals surface area (Å²) in [7, 11) is 0. The van der Waals surface area contributed by atoms with E-state index in [9.17, 15) is 4.79 Å². The van der Waals surface area contributed by atoms with Crippen molar-refractivity contribution in [3.05, 3.63) is 81.8 Å². The molecule has 0 aliphatic carbocycles. The van der Waals surface area contributed by atoms with Gasteiger partial charge in [-0.05, 0) is 54.6 Å². The normalized spacial score (nSPS) is 12.2. The molecular weight excluding hydrogens is 390 g/mol. The Morgan fingerprint density at radius 1 is 0.917 bits per heavy atom. The van der Waals surface area contributed by atoms with Crippen LogP contribution >= 0.6 is 27.5 Å². The van der Waals surface area contributed by atoms with Gasteiger partial charge in [0, 0.05) is 15.1 Å². The molecule has 0 bridgehead atoms. The fourth-order valence-electron chi connectivity index (χ4n) is 2.67. The van der Waals surface area contributed by atoms with Gasteiger partial charge in [-0.25, -0.2) is 0 Å². The van der Waals surface area contributed by atoms with Crippen LogP contribution in [0.5, 0.6) is 11.5 Å². The van der Waals surface area contributed by atoms with Crippen LogP contribution in [0.25, 0.3) is 0 Å². The summed E-state index contributed by atoms with van der Waals surface area (Å²) < 4.78 is 6.83. The molecule has 1 aliphatic rings. The average Bonchev–Trinajstić information content (AvgIpc) is 2.60. The van der Waals surface area contributed by atoms with E-state index in [1.807, 2.05) is 36.4 Å². The highest BCUT2D eigenvalue weighted by Crippen LogP contribution is 2.47. The van der Waals surface area contributed by atoms with Crippen LogP contribution in [0.4, 0.5) is 11.4 Å². The van der Waals surface area contributed by atoms with Crippen LogP contribution in [0.2, 0.25) is 5.02 Å². The van der Waals surface area contributed by atoms with Crippen molar-refractivity contribution in [2.45, 2.75) is 0 Å². The van der Waals surface area contributed by atoms with Crippen LogP contribution in [0.3, 0.4) is 0 Å². The smallest absolute Gasteiger partial charge is 0.263 e. The molecule has 3 nitrogen and oxygen atoms in total. The summed E-state index contributed by atoms with van der Waals surface area (Å²) in [6.45, 7) is 0. The maximum atomic E-state index is 13.2. The molecule has 0 spiro atoms. The van der Waals surface area contributed by atoms with Gasteiger partial charge >= 0.3 is 0 Å². The molecule has 0 saturated carbocycles. The van der Waals surface area contributed by atoms with Crippen molar-refractivity contribution in [2.75, 3.05) is 4.90 Å². The monoisotopic (exact) mass is 399 g/mol. The molecule has 0 atom stereocenters. The van der Waals surface area contributed by atoms with Crippen LogP contribution in [0, 0.1) is 0 Å². The number of carbonyl (C=O) groups is 1. The summed E-state index contributed by atoms with van der Waals surface area (Å²) in [6, 6.07) is 20.0. The first-order valence-electron chi connectivity index (χ1n) is 7.30. The Labute approximate surface area is 152 Å². The molecule has 3 aromatic rings. The minimum Gasteiger partial charge on any atom is -0.453 e. The zero-order valence-corrected chi connectivity index (χ0v) is 14.7. The van der Waals surface area contributed by atoms with E-state index in [4.69, 9.17) is 16.3 Å². The molecule has 0 unspecified atom stereocenters. The predicted molar refractivity (Wildman–Crippen MR) is 98.6 cm³/mol. The number of para-hydroxylation sites is 2. The second-order valence-corrected chi connectivity index (χ2v) is 6.68. The van der Waals surface area contributed by atoms with Crippen molar-refractivity contribution in [2.24, 2.45) is 0 Å². The molecule has 1 aliphatic heterocycles. The summed E-state index contributed by atoms with van der Waals surface area (Å²) >= 11 is 9.53. The maximum Gasteiger partial charge on any atom is 0.263 e. The Balaban J connectivity index is 1.89. The van der Waals surface area contributed by atoms with Crippen molar-refractivity contribution in [3.8, 4) is 11.5 Å². The van der Waals surface area contributed by atoms with E-state index < -0.39 is 0 Å². The van der Waals surface area contributed by atoms with E-state index in [0.717, 1.165) is 4.47 Å². The molecule has 3 aromatic carbocycles. The van der Waals surface area contributed by atoms with Crippen molar-refractivity contribution in [1.29, 1.82) is 0 Å². The van der Waals surface area contributed by atoms with Crippen molar-refractivity contribution in [1.82, 2.24) is 0 Å². The molecule has 24 heavy (non-hydrogen) atoms. The van der Waals surface area contributed by atoms with Crippen LogP contribution in [-0.2, 0) is 0 Å². The molecule has 4 rings (SSSR count). The number of carbonyl (C=O) groups excluding carboxylic acids is 1. The molecule has 1 heterocycles. The summed E-state index contributed by atoms with van der Waals surface area (Å²) in [5.74, 6) is 1.10. The first kappa shape index (κ1) is 15.2. The Bertz CT molecular complexity index is 940. The molecule has 0 radical (unpaired) electrons. The Hall–Kier alpha value is -2.30. The van der Waals surface area contributed by atoms with E-state index in [2.05, 4.69) is 15.9 Å². The predicted octanol–water partition coefficient (Wildman–Crippen LogP) is 6.19. The molecule has 118 valence electrons. The number of amides is 1. The topological polar surface area (TPSA) is 29.5 Å². The van der Waals surface area contributed by atoms with E-state index in [1.165, 1.54) is 0 Å². The SMILES string of the molecule is O=C(c1ccc(Br)cc1)N1c2ccccc2Oc2ccc(Cl)cc21. The fraction of sp³-hybridized carbons (Fsp3) is 0. The van der Waals surface area contributed by atoms with Crippen LogP contribution in [0.15, 0.2) is 71.2 Å². The largest absolute Gasteiger partial charge is 0.453 e. The number of fused-ring (bicyclic) bond motifs is 2. The van der Waals surface area contributed by atoms with Gasteiger partial charge in [0.25, 0.3) is 5.91 Å². The van der Waals surface area contributed by atoms with Crippen molar-refractivity contribution in [3.63, 3.8) is 0 Å². The zero-order chi connectivity index (χ0) is 16.7. The minimum absolute atomic E-state index is 0.137. The first-order valence-corrected chi connectivity index (χ1v) is 8.47. The highest BCUT2D eigenvalue weighted by molar-refractivity contribution is 9.10. The Kier molecular flexibility index (Phi) is 3.79. The second kappa shape index (κ2) is 5.96. The summed E-state index contributed by atoms with van der Waals surface area (Å²) in [5.41, 5.74) is 1.91. The van der Waals surface area contributed by atoms with Gasteiger partial charge in [0.1, 0.15) is 0 Å². The summed E-state index contributed by atoms with van der Waals surface area (Å²) in [6.07, 6.45) is 0. The fourth-order valence-corrected chi connectivity index (χ4v) is 3.10. The van der Waals surface area contributed by atoms with Crippen molar-refractivity contribution < 1.29 is 9.53 Å². The number of hydrogen-bond donors (Lipinski definition) is 0. The molecular formula is C19H11BrClNO2. The highest BCUT2D eigenvalue weighted by atomic mass is 79.9. The quantitative estimate of drug-likeness (QED) is 0.487. The number of anilines is 2. The lowest BCUT2D eigenvalue weighted by atomic mass is 10.1. The number of halogens is 2. The molecule has 0 saturated heterocycles. The number of nitrogens with zero attached hydrogens (tertiary/aromatic N) is 1.